The molecule has 3 N–H and O–H groups in total. The van der Waals surface area contributed by atoms with E-state index in [0.29, 0.717) is 6.54 Å². The van der Waals surface area contributed by atoms with Gasteiger partial charge in [-0.25, -0.2) is 0 Å². The van der Waals surface area contributed by atoms with Crippen molar-refractivity contribution in [2.24, 2.45) is 0 Å². The van der Waals surface area contributed by atoms with E-state index in [9.17, 15) is 9.90 Å². The highest BCUT2D eigenvalue weighted by atomic mass is 16.4. The molecule has 2 aromatic rings. The van der Waals surface area contributed by atoms with Crippen molar-refractivity contribution in [3.63, 3.8) is 0 Å². The number of aryl methyl sites for hydroxylation is 1. The van der Waals surface area contributed by atoms with Gasteiger partial charge >= 0.3 is 5.97 Å². The molecule has 0 saturated heterocycles. The van der Waals surface area contributed by atoms with E-state index < -0.39 is 12.0 Å². The summed E-state index contributed by atoms with van der Waals surface area (Å²) in [6.07, 6.45) is 0.878. The number of aliphatic carboxylic acids is 1. The van der Waals surface area contributed by atoms with Gasteiger partial charge in [0.2, 0.25) is 0 Å². The number of nitrogens with one attached hydrogen (secondary N) is 2. The van der Waals surface area contributed by atoms with E-state index in [4.69, 9.17) is 0 Å². The highest BCUT2D eigenvalue weighted by Crippen LogP contribution is 2.30. The van der Waals surface area contributed by atoms with E-state index >= 15 is 0 Å². The molecular formula is C13H14N2O2. The normalized spacial score (nSPS) is 19.2. The van der Waals surface area contributed by atoms with Gasteiger partial charge in [-0.15, -0.1) is 0 Å². The molecule has 1 atom stereocenters. The van der Waals surface area contributed by atoms with Gasteiger partial charge in [0.15, 0.2) is 0 Å². The molecule has 88 valence electrons. The Bertz CT molecular complexity index is 601. The number of carboxylic acids is 1. The van der Waals surface area contributed by atoms with Crippen LogP contribution < -0.4 is 5.32 Å². The molecule has 17 heavy (non-hydrogen) atoms. The first kappa shape index (κ1) is 10.4. The van der Waals surface area contributed by atoms with Gasteiger partial charge in [0.25, 0.3) is 0 Å². The maximum atomic E-state index is 11.2. The summed E-state index contributed by atoms with van der Waals surface area (Å²) in [7, 11) is 0. The van der Waals surface area contributed by atoms with Crippen molar-refractivity contribution >= 4 is 16.9 Å². The molecule has 4 nitrogen and oxygen atoms in total. The number of hydrogen-bond donors (Lipinski definition) is 3. The highest BCUT2D eigenvalue weighted by Gasteiger charge is 2.28. The molecule has 0 aliphatic carbocycles. The maximum Gasteiger partial charge on any atom is 0.326 e. The van der Waals surface area contributed by atoms with Crippen molar-refractivity contribution in [3.05, 3.63) is 35.0 Å². The zero-order chi connectivity index (χ0) is 12.0. The van der Waals surface area contributed by atoms with Crippen LogP contribution in [-0.2, 0) is 11.2 Å². The van der Waals surface area contributed by atoms with E-state index in [0.717, 1.165) is 28.6 Å². The molecule has 0 saturated carbocycles. The first-order valence-electron chi connectivity index (χ1n) is 5.74. The van der Waals surface area contributed by atoms with Gasteiger partial charge < -0.3 is 10.1 Å². The predicted octanol–water partition coefficient (Wildman–Crippen LogP) is 1.75. The Kier molecular flexibility index (Phi) is 2.19. The summed E-state index contributed by atoms with van der Waals surface area (Å²) < 4.78 is 0. The number of H-pyrrole nitrogens is 1. The molecule has 1 aromatic heterocycles. The third-order valence-electron chi connectivity index (χ3n) is 3.35. The van der Waals surface area contributed by atoms with Crippen LogP contribution in [0.25, 0.3) is 10.9 Å². The van der Waals surface area contributed by atoms with Crippen LogP contribution in [0.15, 0.2) is 18.2 Å². The lowest BCUT2D eigenvalue weighted by Gasteiger charge is -2.20. The van der Waals surface area contributed by atoms with Gasteiger partial charge in [0, 0.05) is 23.1 Å². The Morgan fingerprint density at radius 3 is 3.06 bits per heavy atom. The summed E-state index contributed by atoms with van der Waals surface area (Å²) in [5, 5.41) is 13.4. The predicted molar refractivity (Wildman–Crippen MR) is 65.1 cm³/mol. The van der Waals surface area contributed by atoms with Crippen LogP contribution >= 0.6 is 0 Å². The van der Waals surface area contributed by atoms with Crippen LogP contribution in [0.4, 0.5) is 0 Å². The van der Waals surface area contributed by atoms with Crippen molar-refractivity contribution < 1.29 is 9.90 Å². The minimum Gasteiger partial charge on any atom is -0.480 e. The highest BCUT2D eigenvalue weighted by molar-refractivity contribution is 5.88. The molecule has 0 spiro atoms. The number of rotatable bonds is 1. The van der Waals surface area contributed by atoms with Crippen LogP contribution in [0.3, 0.4) is 0 Å². The fourth-order valence-corrected chi connectivity index (χ4v) is 2.55. The third-order valence-corrected chi connectivity index (χ3v) is 3.35. The van der Waals surface area contributed by atoms with E-state index in [2.05, 4.69) is 23.3 Å². The second kappa shape index (κ2) is 3.60. The van der Waals surface area contributed by atoms with Gasteiger partial charge in [-0.3, -0.25) is 10.1 Å². The van der Waals surface area contributed by atoms with E-state index in [1.54, 1.807) is 0 Å². The van der Waals surface area contributed by atoms with E-state index in [-0.39, 0.29) is 0 Å². The van der Waals surface area contributed by atoms with Crippen LogP contribution in [-0.4, -0.2) is 22.6 Å². The number of hydrogen-bond acceptors (Lipinski definition) is 2. The number of carbonyl (C=O) groups is 1. The van der Waals surface area contributed by atoms with Gasteiger partial charge in [-0.2, -0.15) is 0 Å². The van der Waals surface area contributed by atoms with E-state index in [1.807, 2.05) is 12.1 Å². The van der Waals surface area contributed by atoms with E-state index in [1.165, 1.54) is 5.56 Å². The SMILES string of the molecule is Cc1ccc2[nH]c3c(c2c1)CCNC3C(=O)O. The van der Waals surface area contributed by atoms with Crippen molar-refractivity contribution in [2.75, 3.05) is 6.54 Å². The Labute approximate surface area is 98.6 Å². The summed E-state index contributed by atoms with van der Waals surface area (Å²) in [6.45, 7) is 2.76. The first-order chi connectivity index (χ1) is 8.16. The fourth-order valence-electron chi connectivity index (χ4n) is 2.55. The second-order valence-electron chi connectivity index (χ2n) is 4.54. The van der Waals surface area contributed by atoms with Crippen LogP contribution in [0.5, 0.6) is 0 Å². The Hall–Kier alpha value is -1.81. The second-order valence-corrected chi connectivity index (χ2v) is 4.54. The Morgan fingerprint density at radius 1 is 1.47 bits per heavy atom. The molecule has 1 aliphatic rings. The lowest BCUT2D eigenvalue weighted by Crippen LogP contribution is -2.34. The molecule has 0 fully saturated rings. The molecule has 0 radical (unpaired) electrons. The molecular weight excluding hydrogens is 216 g/mol. The van der Waals surface area contributed by atoms with Gasteiger partial charge in [0.05, 0.1) is 0 Å². The summed E-state index contributed by atoms with van der Waals surface area (Å²) >= 11 is 0. The molecule has 3 rings (SSSR count). The largest absolute Gasteiger partial charge is 0.480 e. The van der Waals surface area contributed by atoms with Crippen LogP contribution in [0, 0.1) is 6.92 Å². The summed E-state index contributed by atoms with van der Waals surface area (Å²) in [5.74, 6) is -0.825. The van der Waals surface area contributed by atoms with Crippen LogP contribution in [0.2, 0.25) is 0 Å². The molecule has 2 heterocycles. The average molecular weight is 230 g/mol. The lowest BCUT2D eigenvalue weighted by atomic mass is 9.99. The van der Waals surface area contributed by atoms with Gasteiger partial charge in [0.1, 0.15) is 6.04 Å². The lowest BCUT2D eigenvalue weighted by molar-refractivity contribution is -0.139. The fraction of sp³-hybridized carbons (Fsp3) is 0.308. The molecule has 1 aromatic carbocycles. The molecule has 1 aliphatic heterocycles. The molecule has 1 unspecified atom stereocenters. The molecule has 0 bridgehead atoms. The number of benzene rings is 1. The zero-order valence-corrected chi connectivity index (χ0v) is 9.58. The summed E-state index contributed by atoms with van der Waals surface area (Å²) in [5.41, 5.74) is 4.18. The number of aromatic amines is 1. The smallest absolute Gasteiger partial charge is 0.326 e. The Morgan fingerprint density at radius 2 is 2.29 bits per heavy atom. The third kappa shape index (κ3) is 1.52. The maximum absolute atomic E-state index is 11.2. The number of fused-ring (bicyclic) bond motifs is 3. The number of aromatic nitrogens is 1. The first-order valence-corrected chi connectivity index (χ1v) is 5.74. The molecule has 0 amide bonds. The number of carboxylic acid groups (broad SMARTS) is 1. The standard InChI is InChI=1S/C13H14N2O2/c1-7-2-3-10-9(6-7)8-4-5-14-12(13(16)17)11(8)15-10/h2-3,6,12,14-15H,4-5H2,1H3,(H,16,17). The van der Waals surface area contributed by atoms with Crippen molar-refractivity contribution in [1.29, 1.82) is 0 Å². The summed E-state index contributed by atoms with van der Waals surface area (Å²) in [4.78, 5) is 14.4. The van der Waals surface area contributed by atoms with Crippen molar-refractivity contribution in [1.82, 2.24) is 10.3 Å². The minimum absolute atomic E-state index is 0.605. The topological polar surface area (TPSA) is 65.1 Å². The monoisotopic (exact) mass is 230 g/mol. The van der Waals surface area contributed by atoms with Crippen LogP contribution in [0.1, 0.15) is 22.9 Å². The molecule has 4 heteroatoms. The minimum atomic E-state index is -0.825. The van der Waals surface area contributed by atoms with Crippen molar-refractivity contribution in [2.45, 2.75) is 19.4 Å². The quantitative estimate of drug-likeness (QED) is 0.699. The summed E-state index contributed by atoms with van der Waals surface area (Å²) in [6, 6.07) is 5.57. The van der Waals surface area contributed by atoms with Gasteiger partial charge in [-0.05, 0) is 31.0 Å². The zero-order valence-electron chi connectivity index (χ0n) is 9.58. The Balaban J connectivity index is 2.25. The van der Waals surface area contributed by atoms with Gasteiger partial charge in [-0.1, -0.05) is 11.6 Å². The average Bonchev–Trinajstić information content (AvgIpc) is 2.66. The van der Waals surface area contributed by atoms with Crippen molar-refractivity contribution in [3.8, 4) is 0 Å².